The molecule has 5 rings (SSSR count). The molecule has 0 spiro atoms. The van der Waals surface area contributed by atoms with Crippen LogP contribution in [0.2, 0.25) is 0 Å². The fourth-order valence-corrected chi connectivity index (χ4v) is 5.17. The molecule has 0 saturated carbocycles. The third kappa shape index (κ3) is 6.27. The summed E-state index contributed by atoms with van der Waals surface area (Å²) in [6.07, 6.45) is -16.7. The number of hydrogen-bond acceptors (Lipinski definition) is 17. The summed E-state index contributed by atoms with van der Waals surface area (Å²) in [7, 11) is 1.24. The zero-order chi connectivity index (χ0) is 32.7. The number of methoxy groups -OCH3 is 1. The van der Waals surface area contributed by atoms with Crippen molar-refractivity contribution in [3.63, 3.8) is 0 Å². The number of ether oxygens (including phenoxy) is 6. The van der Waals surface area contributed by atoms with E-state index in [1.54, 1.807) is 0 Å². The Labute approximate surface area is 254 Å². The lowest BCUT2D eigenvalue weighted by Gasteiger charge is -2.43. The Morgan fingerprint density at radius 1 is 0.733 bits per heavy atom. The molecule has 1 unspecified atom stereocenters. The highest BCUT2D eigenvalue weighted by Crippen LogP contribution is 2.47. The van der Waals surface area contributed by atoms with Crippen LogP contribution in [0.1, 0.15) is 17.2 Å². The van der Waals surface area contributed by atoms with Crippen LogP contribution in [0.3, 0.4) is 0 Å². The van der Waals surface area contributed by atoms with Gasteiger partial charge in [0.2, 0.25) is 12.0 Å². The summed E-state index contributed by atoms with van der Waals surface area (Å²) >= 11 is 0. The van der Waals surface area contributed by atoms with Crippen molar-refractivity contribution in [3.05, 3.63) is 41.2 Å². The van der Waals surface area contributed by atoms with Gasteiger partial charge in [-0.25, -0.2) is 0 Å². The molecule has 0 amide bonds. The van der Waals surface area contributed by atoms with E-state index in [2.05, 4.69) is 0 Å². The first-order valence-corrected chi connectivity index (χ1v) is 13.7. The second-order valence-electron chi connectivity index (χ2n) is 10.7. The molecule has 3 aliphatic rings. The lowest BCUT2D eigenvalue weighted by Crippen LogP contribution is -2.61. The van der Waals surface area contributed by atoms with Crippen LogP contribution in [-0.2, 0) is 18.9 Å². The number of aliphatic hydroxyl groups excluding tert-OH is 7. The Bertz CT molecular complexity index is 1400. The molecule has 11 N–H and O–H groups in total. The van der Waals surface area contributed by atoms with E-state index in [1.165, 1.54) is 25.3 Å². The van der Waals surface area contributed by atoms with E-state index in [4.69, 9.17) is 28.4 Å². The number of aromatic hydroxyl groups is 4. The lowest BCUT2D eigenvalue weighted by molar-refractivity contribution is -0.328. The van der Waals surface area contributed by atoms with E-state index in [-0.39, 0.29) is 34.1 Å². The van der Waals surface area contributed by atoms with Gasteiger partial charge in [-0.05, 0) is 18.2 Å². The minimum atomic E-state index is -1.87. The van der Waals surface area contributed by atoms with Crippen LogP contribution in [0, 0.1) is 0 Å². The van der Waals surface area contributed by atoms with E-state index >= 15 is 0 Å². The highest BCUT2D eigenvalue weighted by atomic mass is 16.7. The van der Waals surface area contributed by atoms with Gasteiger partial charge in [0.15, 0.2) is 23.9 Å². The summed E-state index contributed by atoms with van der Waals surface area (Å²) < 4.78 is 33.4. The van der Waals surface area contributed by atoms with Crippen LogP contribution in [0.15, 0.2) is 30.0 Å². The van der Waals surface area contributed by atoms with E-state index in [0.717, 1.165) is 12.1 Å². The maximum Gasteiger partial charge on any atom is 0.228 e. The molecule has 11 atom stereocenters. The second-order valence-corrected chi connectivity index (χ2v) is 10.7. The SMILES string of the molecule is COc1cc(C2Oc3cc(O)cc(O)c3C=C2O[C@@H]2O[C@H](CO[C@@H]3O[C@@H](CO)[C@@H](O)[C@H](O)[C@H]3O)[C@@H](O)[C@@H](O)[C@H]2O)cc(O)c1O. The number of fused-ring (bicyclic) bond motifs is 1. The fraction of sp³-hybridized carbons (Fsp3) is 0.500. The van der Waals surface area contributed by atoms with Gasteiger partial charge in [0.1, 0.15) is 71.8 Å². The molecule has 45 heavy (non-hydrogen) atoms. The first kappa shape index (κ1) is 32.8. The number of benzene rings is 2. The Hall–Kier alpha value is -3.62. The summed E-state index contributed by atoms with van der Waals surface area (Å²) in [5.74, 6) is -2.23. The van der Waals surface area contributed by atoms with Crippen molar-refractivity contribution < 1.29 is 84.6 Å². The molecule has 2 aromatic carbocycles. The van der Waals surface area contributed by atoms with Gasteiger partial charge in [0, 0.05) is 17.7 Å². The summed E-state index contributed by atoms with van der Waals surface area (Å²) in [5.41, 5.74) is 0.178. The minimum Gasteiger partial charge on any atom is -0.508 e. The Morgan fingerprint density at radius 2 is 1.38 bits per heavy atom. The number of rotatable bonds is 8. The quantitative estimate of drug-likeness (QED) is 0.134. The standard InChI is InChI=1S/C28H34O17/c1-40-15-3-9(2-13(32)19(15)33)26-16(6-11-12(31)4-10(30)5-14(11)42-26)43-28-25(39)23(37)21(35)18(45-28)8-41-27-24(38)22(36)20(34)17(7-29)44-27/h2-6,17-18,20-39H,7-8H2,1H3/t17-,18+,20+,21+,22-,23+,24+,25+,26?,27+,28+/m0/s1. The smallest absolute Gasteiger partial charge is 0.228 e. The fourth-order valence-electron chi connectivity index (χ4n) is 5.17. The van der Waals surface area contributed by atoms with Gasteiger partial charge in [0.05, 0.1) is 25.9 Å². The highest BCUT2D eigenvalue weighted by Gasteiger charge is 2.48. The normalized spacial score (nSPS) is 34.8. The van der Waals surface area contributed by atoms with Gasteiger partial charge in [-0.2, -0.15) is 0 Å². The zero-order valence-corrected chi connectivity index (χ0v) is 23.5. The van der Waals surface area contributed by atoms with Crippen LogP contribution < -0.4 is 9.47 Å². The molecule has 0 aromatic heterocycles. The maximum absolute atomic E-state index is 10.8. The monoisotopic (exact) mass is 642 g/mol. The van der Waals surface area contributed by atoms with Gasteiger partial charge < -0.3 is 84.6 Å². The summed E-state index contributed by atoms with van der Waals surface area (Å²) in [5, 5.41) is 112. The second kappa shape index (κ2) is 13.0. The molecule has 3 aliphatic heterocycles. The highest BCUT2D eigenvalue weighted by molar-refractivity contribution is 5.70. The van der Waals surface area contributed by atoms with Crippen LogP contribution in [-0.4, -0.2) is 138 Å². The number of hydrogen-bond donors (Lipinski definition) is 11. The van der Waals surface area contributed by atoms with Crippen molar-refractivity contribution in [2.75, 3.05) is 20.3 Å². The molecular formula is C28H34O17. The van der Waals surface area contributed by atoms with E-state index in [9.17, 15) is 56.2 Å². The number of phenolic OH excluding ortho intramolecular Hbond substituents is 4. The van der Waals surface area contributed by atoms with Crippen LogP contribution in [0.5, 0.6) is 34.5 Å². The third-order valence-electron chi connectivity index (χ3n) is 7.69. The van der Waals surface area contributed by atoms with Crippen molar-refractivity contribution in [3.8, 4) is 34.5 Å². The Kier molecular flexibility index (Phi) is 9.47. The van der Waals surface area contributed by atoms with E-state index in [0.29, 0.717) is 0 Å². The Balaban J connectivity index is 1.41. The molecule has 0 radical (unpaired) electrons. The molecule has 17 nitrogen and oxygen atoms in total. The molecule has 2 fully saturated rings. The van der Waals surface area contributed by atoms with Crippen molar-refractivity contribution >= 4 is 6.08 Å². The van der Waals surface area contributed by atoms with Crippen molar-refractivity contribution in [1.29, 1.82) is 0 Å². The average molecular weight is 643 g/mol. The topological polar surface area (TPSA) is 278 Å². The van der Waals surface area contributed by atoms with Gasteiger partial charge in [-0.15, -0.1) is 0 Å². The van der Waals surface area contributed by atoms with Crippen molar-refractivity contribution in [2.45, 2.75) is 67.5 Å². The molecule has 3 heterocycles. The maximum atomic E-state index is 10.8. The van der Waals surface area contributed by atoms with Gasteiger partial charge in [0.25, 0.3) is 0 Å². The summed E-state index contributed by atoms with van der Waals surface area (Å²) in [4.78, 5) is 0. The van der Waals surface area contributed by atoms with Crippen molar-refractivity contribution in [2.24, 2.45) is 0 Å². The largest absolute Gasteiger partial charge is 0.508 e. The van der Waals surface area contributed by atoms with Crippen LogP contribution >= 0.6 is 0 Å². The van der Waals surface area contributed by atoms with Crippen molar-refractivity contribution in [1.82, 2.24) is 0 Å². The van der Waals surface area contributed by atoms with Gasteiger partial charge in [-0.1, -0.05) is 0 Å². The van der Waals surface area contributed by atoms with Crippen LogP contribution in [0.25, 0.3) is 6.08 Å². The number of phenols is 4. The molecule has 248 valence electrons. The molecule has 0 bridgehead atoms. The molecule has 2 aromatic rings. The third-order valence-corrected chi connectivity index (χ3v) is 7.69. The van der Waals surface area contributed by atoms with E-state index in [1.807, 2.05) is 0 Å². The first-order valence-electron chi connectivity index (χ1n) is 13.7. The molecule has 2 saturated heterocycles. The molecule has 17 heteroatoms. The minimum absolute atomic E-state index is 0.0113. The van der Waals surface area contributed by atoms with Crippen LogP contribution in [0.4, 0.5) is 0 Å². The van der Waals surface area contributed by atoms with Gasteiger partial charge >= 0.3 is 0 Å². The van der Waals surface area contributed by atoms with E-state index < -0.39 is 98.0 Å². The number of aliphatic hydroxyl groups is 7. The predicted molar refractivity (Wildman–Crippen MR) is 145 cm³/mol. The lowest BCUT2D eigenvalue weighted by atomic mass is 9.98. The van der Waals surface area contributed by atoms with Gasteiger partial charge in [-0.3, -0.25) is 0 Å². The zero-order valence-electron chi connectivity index (χ0n) is 23.5. The summed E-state index contributed by atoms with van der Waals surface area (Å²) in [6.45, 7) is -1.33. The predicted octanol–water partition coefficient (Wildman–Crippen LogP) is -2.37. The Morgan fingerprint density at radius 3 is 2.04 bits per heavy atom. The molecular weight excluding hydrogens is 608 g/mol. The summed E-state index contributed by atoms with van der Waals surface area (Å²) in [6, 6.07) is 4.66. The average Bonchev–Trinajstić information content (AvgIpc) is 3.01. The molecule has 0 aliphatic carbocycles. The first-order chi connectivity index (χ1) is 21.3.